The molecule has 1 aromatic rings. The van der Waals surface area contributed by atoms with Gasteiger partial charge in [-0.2, -0.15) is 5.26 Å². The molecule has 18 heavy (non-hydrogen) atoms. The SMILES string of the molecule is CC(CCCC(=O)O)Nc1ccc(C#N)c(Cl)c1. The monoisotopic (exact) mass is 266 g/mol. The fourth-order valence-corrected chi connectivity index (χ4v) is 1.83. The largest absolute Gasteiger partial charge is 0.481 e. The van der Waals surface area contributed by atoms with Gasteiger partial charge >= 0.3 is 5.97 Å². The predicted molar refractivity (Wildman–Crippen MR) is 70.7 cm³/mol. The number of halogens is 1. The molecule has 0 saturated heterocycles. The second-order valence-corrected chi connectivity index (χ2v) is 4.54. The van der Waals surface area contributed by atoms with Crippen LogP contribution in [0.1, 0.15) is 31.7 Å². The van der Waals surface area contributed by atoms with Crippen LogP contribution in [0.3, 0.4) is 0 Å². The maximum absolute atomic E-state index is 10.4. The van der Waals surface area contributed by atoms with E-state index in [0.717, 1.165) is 12.1 Å². The number of carbonyl (C=O) groups is 1. The summed E-state index contributed by atoms with van der Waals surface area (Å²) in [6, 6.07) is 7.31. The summed E-state index contributed by atoms with van der Waals surface area (Å²) in [7, 11) is 0. The minimum atomic E-state index is -0.774. The van der Waals surface area contributed by atoms with Crippen LogP contribution in [0.15, 0.2) is 18.2 Å². The molecule has 5 heteroatoms. The average molecular weight is 267 g/mol. The van der Waals surface area contributed by atoms with Crippen molar-refractivity contribution in [1.29, 1.82) is 5.26 Å². The van der Waals surface area contributed by atoms with Crippen LogP contribution in [-0.4, -0.2) is 17.1 Å². The number of nitrogens with zero attached hydrogens (tertiary/aromatic N) is 1. The molecular weight excluding hydrogens is 252 g/mol. The number of nitrogens with one attached hydrogen (secondary N) is 1. The van der Waals surface area contributed by atoms with Gasteiger partial charge in [-0.25, -0.2) is 0 Å². The molecule has 4 nitrogen and oxygen atoms in total. The summed E-state index contributed by atoms with van der Waals surface area (Å²) in [6.07, 6.45) is 1.58. The topological polar surface area (TPSA) is 73.1 Å². The normalized spacial score (nSPS) is 11.6. The first kappa shape index (κ1) is 14.3. The van der Waals surface area contributed by atoms with Crippen LogP contribution in [0.25, 0.3) is 0 Å². The standard InChI is InChI=1S/C13H15ClN2O2/c1-9(3-2-4-13(17)18)16-11-6-5-10(8-15)12(14)7-11/h5-7,9,16H,2-4H2,1H3,(H,17,18). The number of nitriles is 1. The summed E-state index contributed by atoms with van der Waals surface area (Å²) in [5, 5.41) is 20.9. The molecule has 1 unspecified atom stereocenters. The zero-order valence-electron chi connectivity index (χ0n) is 10.1. The summed E-state index contributed by atoms with van der Waals surface area (Å²) >= 11 is 5.92. The van der Waals surface area contributed by atoms with Crippen molar-refractivity contribution in [2.75, 3.05) is 5.32 Å². The van der Waals surface area contributed by atoms with Gasteiger partial charge in [0.15, 0.2) is 0 Å². The summed E-state index contributed by atoms with van der Waals surface area (Å²) < 4.78 is 0. The van der Waals surface area contributed by atoms with Crippen LogP contribution in [0.4, 0.5) is 5.69 Å². The maximum atomic E-state index is 10.4. The summed E-state index contributed by atoms with van der Waals surface area (Å²) in [5.41, 5.74) is 1.28. The number of hydrogen-bond acceptors (Lipinski definition) is 3. The lowest BCUT2D eigenvalue weighted by Gasteiger charge is -2.15. The second kappa shape index (κ2) is 6.87. The lowest BCUT2D eigenvalue weighted by molar-refractivity contribution is -0.137. The molecule has 0 aromatic heterocycles. The molecule has 0 bridgehead atoms. The second-order valence-electron chi connectivity index (χ2n) is 4.14. The van der Waals surface area contributed by atoms with Crippen molar-refractivity contribution in [3.8, 4) is 6.07 Å². The van der Waals surface area contributed by atoms with Crippen LogP contribution >= 0.6 is 11.6 Å². The molecule has 0 spiro atoms. The molecule has 0 aliphatic heterocycles. The first-order valence-electron chi connectivity index (χ1n) is 5.71. The van der Waals surface area contributed by atoms with Crippen LogP contribution < -0.4 is 5.32 Å². The molecule has 1 atom stereocenters. The van der Waals surface area contributed by atoms with E-state index in [4.69, 9.17) is 22.0 Å². The third-order valence-corrected chi connectivity index (χ3v) is 2.84. The Bertz CT molecular complexity index is 469. The van der Waals surface area contributed by atoms with E-state index in [-0.39, 0.29) is 12.5 Å². The number of carboxylic acids is 1. The zero-order chi connectivity index (χ0) is 13.5. The molecule has 0 aliphatic carbocycles. The van der Waals surface area contributed by atoms with Gasteiger partial charge in [-0.1, -0.05) is 11.6 Å². The van der Waals surface area contributed by atoms with Crippen molar-refractivity contribution >= 4 is 23.3 Å². The van der Waals surface area contributed by atoms with Crippen molar-refractivity contribution in [2.45, 2.75) is 32.2 Å². The van der Waals surface area contributed by atoms with E-state index in [0.29, 0.717) is 17.0 Å². The Morgan fingerprint density at radius 2 is 2.33 bits per heavy atom. The van der Waals surface area contributed by atoms with Crippen molar-refractivity contribution in [3.63, 3.8) is 0 Å². The lowest BCUT2D eigenvalue weighted by atomic mass is 10.1. The molecule has 1 aromatic carbocycles. The van der Waals surface area contributed by atoms with E-state index in [1.807, 2.05) is 13.0 Å². The minimum Gasteiger partial charge on any atom is -0.481 e. The summed E-state index contributed by atoms with van der Waals surface area (Å²) in [4.78, 5) is 10.4. The van der Waals surface area contributed by atoms with E-state index in [2.05, 4.69) is 5.32 Å². The Morgan fingerprint density at radius 1 is 1.61 bits per heavy atom. The van der Waals surface area contributed by atoms with Crippen LogP contribution in [0.5, 0.6) is 0 Å². The average Bonchev–Trinajstić information content (AvgIpc) is 2.28. The molecule has 1 rings (SSSR count). The van der Waals surface area contributed by atoms with Gasteiger partial charge in [-0.15, -0.1) is 0 Å². The zero-order valence-corrected chi connectivity index (χ0v) is 10.9. The van der Waals surface area contributed by atoms with Gasteiger partial charge < -0.3 is 10.4 Å². The van der Waals surface area contributed by atoms with Crippen molar-refractivity contribution in [3.05, 3.63) is 28.8 Å². The molecule has 0 fully saturated rings. The maximum Gasteiger partial charge on any atom is 0.303 e. The number of rotatable bonds is 6. The summed E-state index contributed by atoms with van der Waals surface area (Å²) in [6.45, 7) is 1.98. The molecule has 0 heterocycles. The van der Waals surface area contributed by atoms with E-state index in [9.17, 15) is 4.79 Å². The quantitative estimate of drug-likeness (QED) is 0.829. The number of carboxylic acid groups (broad SMARTS) is 1. The lowest BCUT2D eigenvalue weighted by Crippen LogP contribution is -2.15. The molecular formula is C13H15ClN2O2. The van der Waals surface area contributed by atoms with Gasteiger partial charge in [0.2, 0.25) is 0 Å². The number of hydrogen-bond donors (Lipinski definition) is 2. The fourth-order valence-electron chi connectivity index (χ4n) is 1.61. The van der Waals surface area contributed by atoms with Crippen molar-refractivity contribution < 1.29 is 9.90 Å². The summed E-state index contributed by atoms with van der Waals surface area (Å²) in [5.74, 6) is -0.774. The fraction of sp³-hybridized carbons (Fsp3) is 0.385. The number of aliphatic carboxylic acids is 1. The van der Waals surface area contributed by atoms with Crippen LogP contribution in [0.2, 0.25) is 5.02 Å². The highest BCUT2D eigenvalue weighted by atomic mass is 35.5. The highest BCUT2D eigenvalue weighted by Gasteiger charge is 2.06. The molecule has 96 valence electrons. The highest BCUT2D eigenvalue weighted by Crippen LogP contribution is 2.21. The number of anilines is 1. The Kier molecular flexibility index (Phi) is 5.47. The van der Waals surface area contributed by atoms with E-state index < -0.39 is 5.97 Å². The Hall–Kier alpha value is -1.73. The smallest absolute Gasteiger partial charge is 0.303 e. The van der Waals surface area contributed by atoms with Gasteiger partial charge in [0.1, 0.15) is 6.07 Å². The van der Waals surface area contributed by atoms with Gasteiger partial charge in [0.25, 0.3) is 0 Å². The van der Waals surface area contributed by atoms with Gasteiger partial charge in [0.05, 0.1) is 10.6 Å². The third kappa shape index (κ3) is 4.64. The van der Waals surface area contributed by atoms with Gasteiger partial charge in [-0.3, -0.25) is 4.79 Å². The van der Waals surface area contributed by atoms with E-state index >= 15 is 0 Å². The Labute approximate surface area is 111 Å². The van der Waals surface area contributed by atoms with Crippen LogP contribution in [-0.2, 0) is 4.79 Å². The first-order valence-corrected chi connectivity index (χ1v) is 6.08. The third-order valence-electron chi connectivity index (χ3n) is 2.53. The molecule has 0 saturated carbocycles. The van der Waals surface area contributed by atoms with Crippen molar-refractivity contribution in [2.24, 2.45) is 0 Å². The highest BCUT2D eigenvalue weighted by molar-refractivity contribution is 6.32. The predicted octanol–water partition coefficient (Wildman–Crippen LogP) is 3.27. The minimum absolute atomic E-state index is 0.161. The van der Waals surface area contributed by atoms with Crippen LogP contribution in [0, 0.1) is 11.3 Å². The molecule has 0 amide bonds. The molecule has 0 aliphatic rings. The van der Waals surface area contributed by atoms with Gasteiger partial charge in [0, 0.05) is 18.2 Å². The first-order chi connectivity index (χ1) is 8.52. The van der Waals surface area contributed by atoms with Gasteiger partial charge in [-0.05, 0) is 38.0 Å². The Balaban J connectivity index is 2.49. The number of benzene rings is 1. The van der Waals surface area contributed by atoms with E-state index in [1.165, 1.54) is 0 Å². The van der Waals surface area contributed by atoms with E-state index in [1.54, 1.807) is 18.2 Å². The molecule has 2 N–H and O–H groups in total. The molecule has 0 radical (unpaired) electrons. The Morgan fingerprint density at radius 3 is 2.89 bits per heavy atom. The van der Waals surface area contributed by atoms with Crippen molar-refractivity contribution in [1.82, 2.24) is 0 Å².